The summed E-state index contributed by atoms with van der Waals surface area (Å²) in [6.45, 7) is 0.397. The topological polar surface area (TPSA) is 93.5 Å². The molecule has 0 aromatic heterocycles. The lowest BCUT2D eigenvalue weighted by atomic mass is 10.5. The SMILES string of the molecule is COCCCS(=O)(=O)NNC(N)=S. The highest BCUT2D eigenvalue weighted by Crippen LogP contribution is 1.88. The zero-order valence-corrected chi connectivity index (χ0v) is 8.87. The van der Waals surface area contributed by atoms with Gasteiger partial charge in [-0.25, -0.2) is 8.42 Å². The van der Waals surface area contributed by atoms with Gasteiger partial charge in [-0.05, 0) is 18.6 Å². The largest absolute Gasteiger partial charge is 0.385 e. The van der Waals surface area contributed by atoms with Crippen LogP contribution >= 0.6 is 12.2 Å². The monoisotopic (exact) mass is 227 g/mol. The van der Waals surface area contributed by atoms with Gasteiger partial charge in [0.1, 0.15) is 0 Å². The minimum Gasteiger partial charge on any atom is -0.385 e. The van der Waals surface area contributed by atoms with Crippen LogP contribution in [0.3, 0.4) is 0 Å². The molecule has 0 radical (unpaired) electrons. The smallest absolute Gasteiger partial charge is 0.228 e. The quantitative estimate of drug-likeness (QED) is 0.296. The molecule has 8 heteroatoms. The summed E-state index contributed by atoms with van der Waals surface area (Å²) in [5.74, 6) is -0.0313. The third-order valence-corrected chi connectivity index (χ3v) is 2.43. The van der Waals surface area contributed by atoms with Gasteiger partial charge in [0.2, 0.25) is 10.0 Å². The van der Waals surface area contributed by atoms with E-state index in [4.69, 9.17) is 10.5 Å². The van der Waals surface area contributed by atoms with Crippen molar-refractivity contribution in [3.8, 4) is 0 Å². The minimum absolute atomic E-state index is 0.0313. The van der Waals surface area contributed by atoms with E-state index in [1.807, 2.05) is 4.83 Å². The molecule has 0 aliphatic rings. The van der Waals surface area contributed by atoms with Crippen molar-refractivity contribution in [2.24, 2.45) is 5.73 Å². The van der Waals surface area contributed by atoms with Gasteiger partial charge in [0.15, 0.2) is 5.11 Å². The Morgan fingerprint density at radius 2 is 2.23 bits per heavy atom. The van der Waals surface area contributed by atoms with Gasteiger partial charge in [0, 0.05) is 13.7 Å². The zero-order valence-electron chi connectivity index (χ0n) is 7.24. The molecule has 0 saturated carbocycles. The first kappa shape index (κ1) is 12.6. The lowest BCUT2D eigenvalue weighted by Gasteiger charge is -2.06. The Bertz CT molecular complexity index is 252. The highest BCUT2D eigenvalue weighted by Gasteiger charge is 2.08. The fourth-order valence-electron chi connectivity index (χ4n) is 0.572. The average molecular weight is 227 g/mol. The van der Waals surface area contributed by atoms with E-state index in [0.717, 1.165) is 0 Å². The molecule has 0 aliphatic carbocycles. The van der Waals surface area contributed by atoms with Crippen LogP contribution < -0.4 is 16.0 Å². The van der Waals surface area contributed by atoms with E-state index < -0.39 is 10.0 Å². The molecule has 0 unspecified atom stereocenters. The van der Waals surface area contributed by atoms with Crippen LogP contribution in [0.25, 0.3) is 0 Å². The van der Waals surface area contributed by atoms with Crippen LogP contribution in [0.5, 0.6) is 0 Å². The van der Waals surface area contributed by atoms with Crippen molar-refractivity contribution < 1.29 is 13.2 Å². The summed E-state index contributed by atoms with van der Waals surface area (Å²) < 4.78 is 26.8. The maximum Gasteiger partial charge on any atom is 0.228 e. The molecule has 0 aromatic rings. The molecule has 0 heterocycles. The Morgan fingerprint density at radius 1 is 1.62 bits per heavy atom. The maximum atomic E-state index is 11.1. The number of hydrogen-bond acceptors (Lipinski definition) is 4. The second kappa shape index (κ2) is 6.08. The number of ether oxygens (including phenoxy) is 1. The Kier molecular flexibility index (Phi) is 5.88. The molecule has 0 bridgehead atoms. The van der Waals surface area contributed by atoms with Crippen molar-refractivity contribution >= 4 is 27.4 Å². The lowest BCUT2D eigenvalue weighted by Crippen LogP contribution is -2.45. The Hall–Kier alpha value is -0.440. The molecular formula is C5H13N3O3S2. The van der Waals surface area contributed by atoms with Crippen LogP contribution in [0.1, 0.15) is 6.42 Å². The summed E-state index contributed by atoms with van der Waals surface area (Å²) in [5, 5.41) is -0.115. The number of sulfonamides is 1. The van der Waals surface area contributed by atoms with E-state index in [1.54, 1.807) is 0 Å². The number of hydrazine groups is 1. The third kappa shape index (κ3) is 7.91. The van der Waals surface area contributed by atoms with Gasteiger partial charge in [-0.1, -0.05) is 0 Å². The van der Waals surface area contributed by atoms with E-state index in [-0.39, 0.29) is 10.9 Å². The molecule has 0 saturated heterocycles. The molecule has 0 aliphatic heterocycles. The summed E-state index contributed by atoms with van der Waals surface area (Å²) in [7, 11) is -1.85. The summed E-state index contributed by atoms with van der Waals surface area (Å²) in [5.41, 5.74) is 7.17. The molecule has 0 fully saturated rings. The van der Waals surface area contributed by atoms with Crippen LogP contribution in [-0.4, -0.2) is 33.0 Å². The molecular weight excluding hydrogens is 214 g/mol. The molecule has 13 heavy (non-hydrogen) atoms. The molecule has 0 aromatic carbocycles. The Balaban J connectivity index is 3.74. The second-order valence-corrected chi connectivity index (χ2v) is 4.54. The maximum absolute atomic E-state index is 11.1. The van der Waals surface area contributed by atoms with E-state index in [0.29, 0.717) is 13.0 Å². The van der Waals surface area contributed by atoms with Crippen molar-refractivity contribution in [3.63, 3.8) is 0 Å². The highest BCUT2D eigenvalue weighted by molar-refractivity contribution is 7.89. The van der Waals surface area contributed by atoms with Crippen molar-refractivity contribution in [1.82, 2.24) is 10.3 Å². The second-order valence-electron chi connectivity index (χ2n) is 2.26. The van der Waals surface area contributed by atoms with Crippen LogP contribution in [0, 0.1) is 0 Å². The number of thiocarbonyl (C=S) groups is 1. The molecule has 0 atom stereocenters. The van der Waals surface area contributed by atoms with E-state index in [2.05, 4.69) is 17.6 Å². The summed E-state index contributed by atoms with van der Waals surface area (Å²) in [4.78, 5) is 2.02. The predicted molar refractivity (Wildman–Crippen MR) is 53.3 cm³/mol. The van der Waals surface area contributed by atoms with Gasteiger partial charge in [0.25, 0.3) is 0 Å². The van der Waals surface area contributed by atoms with Gasteiger partial charge < -0.3 is 10.5 Å². The van der Waals surface area contributed by atoms with Crippen molar-refractivity contribution in [2.75, 3.05) is 19.5 Å². The third-order valence-electron chi connectivity index (χ3n) is 1.09. The fraction of sp³-hybridized carbons (Fsp3) is 0.800. The van der Waals surface area contributed by atoms with Gasteiger partial charge in [0.05, 0.1) is 5.75 Å². The first-order chi connectivity index (χ1) is 5.98. The predicted octanol–water partition coefficient (Wildman–Crippen LogP) is -1.31. The molecule has 6 nitrogen and oxygen atoms in total. The van der Waals surface area contributed by atoms with Gasteiger partial charge >= 0.3 is 0 Å². The van der Waals surface area contributed by atoms with Crippen LogP contribution in [-0.2, 0) is 14.8 Å². The number of nitrogens with one attached hydrogen (secondary N) is 2. The fourth-order valence-corrected chi connectivity index (χ4v) is 1.55. The Labute approximate surface area is 82.8 Å². The molecule has 0 rings (SSSR count). The zero-order chi connectivity index (χ0) is 10.3. The molecule has 0 amide bonds. The molecule has 78 valence electrons. The normalized spacial score (nSPS) is 11.2. The summed E-state index contributed by atoms with van der Waals surface area (Å²) in [6.07, 6.45) is 0.421. The Morgan fingerprint density at radius 3 is 2.69 bits per heavy atom. The first-order valence-electron chi connectivity index (χ1n) is 3.52. The van der Waals surface area contributed by atoms with Crippen LogP contribution in [0.2, 0.25) is 0 Å². The van der Waals surface area contributed by atoms with Crippen LogP contribution in [0.4, 0.5) is 0 Å². The summed E-state index contributed by atoms with van der Waals surface area (Å²) >= 11 is 4.41. The number of rotatable bonds is 6. The average Bonchev–Trinajstić information content (AvgIpc) is 2.02. The number of hydrogen-bond donors (Lipinski definition) is 3. The minimum atomic E-state index is -3.36. The van der Waals surface area contributed by atoms with Gasteiger partial charge in [-0.3, -0.25) is 5.43 Å². The van der Waals surface area contributed by atoms with Crippen LogP contribution in [0.15, 0.2) is 0 Å². The first-order valence-corrected chi connectivity index (χ1v) is 5.58. The van der Waals surface area contributed by atoms with Crippen molar-refractivity contribution in [1.29, 1.82) is 0 Å². The van der Waals surface area contributed by atoms with E-state index >= 15 is 0 Å². The molecule has 4 N–H and O–H groups in total. The van der Waals surface area contributed by atoms with E-state index in [9.17, 15) is 8.42 Å². The highest BCUT2D eigenvalue weighted by atomic mass is 32.2. The number of methoxy groups -OCH3 is 1. The molecule has 0 spiro atoms. The lowest BCUT2D eigenvalue weighted by molar-refractivity contribution is 0.199. The van der Waals surface area contributed by atoms with Gasteiger partial charge in [-0.2, -0.15) is 0 Å². The van der Waals surface area contributed by atoms with E-state index in [1.165, 1.54) is 7.11 Å². The summed E-state index contributed by atoms with van der Waals surface area (Å²) in [6, 6.07) is 0. The van der Waals surface area contributed by atoms with Crippen molar-refractivity contribution in [2.45, 2.75) is 6.42 Å². The standard InChI is InChI=1S/C5H13N3O3S2/c1-11-3-2-4-13(9,10)8-7-5(6)12/h8H,2-4H2,1H3,(H3,6,7,12). The van der Waals surface area contributed by atoms with Gasteiger partial charge in [-0.15, -0.1) is 4.83 Å². The number of nitrogens with two attached hydrogens (primary N) is 1. The van der Waals surface area contributed by atoms with Crippen molar-refractivity contribution in [3.05, 3.63) is 0 Å².